The molecule has 2 rings (SSSR count). The first-order valence-electron chi connectivity index (χ1n) is 5.51. The molecule has 1 aliphatic heterocycles. The van der Waals surface area contributed by atoms with Crippen molar-refractivity contribution in [1.82, 2.24) is 5.32 Å². The maximum Gasteiger partial charge on any atom is 0.414 e. The minimum absolute atomic E-state index is 0.0425. The van der Waals surface area contributed by atoms with E-state index >= 15 is 0 Å². The van der Waals surface area contributed by atoms with Crippen molar-refractivity contribution in [3.8, 4) is 5.75 Å². The molecule has 1 amide bonds. The highest BCUT2D eigenvalue weighted by Gasteiger charge is 2.33. The van der Waals surface area contributed by atoms with Crippen LogP contribution >= 0.6 is 0 Å². The molecule has 1 heterocycles. The van der Waals surface area contributed by atoms with Crippen LogP contribution in [0.2, 0.25) is 0 Å². The van der Waals surface area contributed by atoms with E-state index in [2.05, 4.69) is 5.32 Å². The summed E-state index contributed by atoms with van der Waals surface area (Å²) in [4.78, 5) is 13.3. The Labute approximate surface area is 100 Å². The number of nitrogens with zero attached hydrogens (tertiary/aromatic N) is 1. The van der Waals surface area contributed by atoms with Crippen LogP contribution in [0.3, 0.4) is 0 Å². The minimum Gasteiger partial charge on any atom is -0.497 e. The first kappa shape index (κ1) is 11.7. The van der Waals surface area contributed by atoms with Gasteiger partial charge in [-0.25, -0.2) is 4.79 Å². The molecule has 92 valence electrons. The molecule has 1 aromatic carbocycles. The van der Waals surface area contributed by atoms with Crippen molar-refractivity contribution in [3.05, 3.63) is 24.3 Å². The number of likely N-dealkylation sites (N-methyl/N-ethyl adjacent to an activating group) is 1. The van der Waals surface area contributed by atoms with Crippen LogP contribution in [0.25, 0.3) is 0 Å². The van der Waals surface area contributed by atoms with Gasteiger partial charge in [-0.1, -0.05) is 0 Å². The Morgan fingerprint density at radius 1 is 1.47 bits per heavy atom. The number of anilines is 1. The highest BCUT2D eigenvalue weighted by atomic mass is 16.6. The molecule has 17 heavy (non-hydrogen) atoms. The van der Waals surface area contributed by atoms with Crippen molar-refractivity contribution < 1.29 is 14.3 Å². The van der Waals surface area contributed by atoms with Gasteiger partial charge in [0.1, 0.15) is 12.4 Å². The lowest BCUT2D eigenvalue weighted by atomic mass is 10.2. The molecule has 1 saturated heterocycles. The molecule has 5 nitrogen and oxygen atoms in total. The van der Waals surface area contributed by atoms with Crippen LogP contribution in [-0.2, 0) is 4.74 Å². The number of nitrogens with one attached hydrogen (secondary N) is 1. The zero-order chi connectivity index (χ0) is 12.3. The SMILES string of the molecule is CNCC1COC(=O)N1c1ccc(OC)cc1. The molecule has 1 aromatic rings. The van der Waals surface area contributed by atoms with Crippen molar-refractivity contribution in [3.63, 3.8) is 0 Å². The second-order valence-corrected chi connectivity index (χ2v) is 3.86. The summed E-state index contributed by atoms with van der Waals surface area (Å²) in [6.07, 6.45) is -0.296. The number of hydrogen-bond acceptors (Lipinski definition) is 4. The third-order valence-corrected chi connectivity index (χ3v) is 2.75. The number of ether oxygens (including phenoxy) is 2. The van der Waals surface area contributed by atoms with Gasteiger partial charge in [-0.05, 0) is 31.3 Å². The van der Waals surface area contributed by atoms with Gasteiger partial charge in [-0.3, -0.25) is 4.90 Å². The number of amides is 1. The van der Waals surface area contributed by atoms with E-state index in [1.807, 2.05) is 31.3 Å². The van der Waals surface area contributed by atoms with Crippen LogP contribution in [-0.4, -0.2) is 39.4 Å². The number of hydrogen-bond donors (Lipinski definition) is 1. The smallest absolute Gasteiger partial charge is 0.414 e. The minimum atomic E-state index is -0.296. The maximum atomic E-state index is 11.7. The highest BCUT2D eigenvalue weighted by molar-refractivity contribution is 5.90. The number of carbonyl (C=O) groups excluding carboxylic acids is 1. The van der Waals surface area contributed by atoms with E-state index < -0.39 is 0 Å². The van der Waals surface area contributed by atoms with E-state index in [1.165, 1.54) is 0 Å². The van der Waals surface area contributed by atoms with Gasteiger partial charge in [0.25, 0.3) is 0 Å². The molecule has 1 fully saturated rings. The molecule has 1 unspecified atom stereocenters. The van der Waals surface area contributed by atoms with Crippen molar-refractivity contribution in [1.29, 1.82) is 0 Å². The van der Waals surface area contributed by atoms with Crippen molar-refractivity contribution in [2.45, 2.75) is 6.04 Å². The van der Waals surface area contributed by atoms with Gasteiger partial charge in [0.2, 0.25) is 0 Å². The Kier molecular flexibility index (Phi) is 3.49. The van der Waals surface area contributed by atoms with E-state index in [-0.39, 0.29) is 12.1 Å². The molecule has 1 aliphatic rings. The molecule has 5 heteroatoms. The fraction of sp³-hybridized carbons (Fsp3) is 0.417. The van der Waals surface area contributed by atoms with E-state index in [4.69, 9.17) is 9.47 Å². The van der Waals surface area contributed by atoms with Crippen LogP contribution in [0.1, 0.15) is 0 Å². The van der Waals surface area contributed by atoms with Crippen molar-refractivity contribution in [2.24, 2.45) is 0 Å². The van der Waals surface area contributed by atoms with Gasteiger partial charge in [0.15, 0.2) is 0 Å². The molecule has 0 bridgehead atoms. The van der Waals surface area contributed by atoms with E-state index in [0.29, 0.717) is 13.2 Å². The average molecular weight is 236 g/mol. The number of carbonyl (C=O) groups is 1. The van der Waals surface area contributed by atoms with Crippen molar-refractivity contribution >= 4 is 11.8 Å². The third-order valence-electron chi connectivity index (χ3n) is 2.75. The van der Waals surface area contributed by atoms with E-state index in [1.54, 1.807) is 12.0 Å². The Bertz CT molecular complexity index is 391. The van der Waals surface area contributed by atoms with Gasteiger partial charge in [0, 0.05) is 12.2 Å². The second kappa shape index (κ2) is 5.05. The lowest BCUT2D eigenvalue weighted by molar-refractivity contribution is 0.178. The molecule has 0 radical (unpaired) electrons. The fourth-order valence-corrected chi connectivity index (χ4v) is 1.91. The van der Waals surface area contributed by atoms with Gasteiger partial charge in [0.05, 0.1) is 13.2 Å². The molecule has 1 atom stereocenters. The normalized spacial score (nSPS) is 19.3. The Morgan fingerprint density at radius 3 is 2.76 bits per heavy atom. The molecule has 1 N–H and O–H groups in total. The molecular weight excluding hydrogens is 220 g/mol. The molecule has 0 spiro atoms. The van der Waals surface area contributed by atoms with Crippen LogP contribution in [0.5, 0.6) is 5.75 Å². The summed E-state index contributed by atoms with van der Waals surface area (Å²) >= 11 is 0. The lowest BCUT2D eigenvalue weighted by Gasteiger charge is -2.21. The first-order chi connectivity index (χ1) is 8.26. The summed E-state index contributed by atoms with van der Waals surface area (Å²) in [6, 6.07) is 7.41. The van der Waals surface area contributed by atoms with Crippen LogP contribution in [0, 0.1) is 0 Å². The van der Waals surface area contributed by atoms with Crippen LogP contribution < -0.4 is 15.0 Å². The topological polar surface area (TPSA) is 50.8 Å². The zero-order valence-electron chi connectivity index (χ0n) is 9.97. The van der Waals surface area contributed by atoms with Gasteiger partial charge in [-0.2, -0.15) is 0 Å². The summed E-state index contributed by atoms with van der Waals surface area (Å²) in [6.45, 7) is 1.13. The summed E-state index contributed by atoms with van der Waals surface area (Å²) in [5, 5.41) is 3.05. The largest absolute Gasteiger partial charge is 0.497 e. The van der Waals surface area contributed by atoms with Gasteiger partial charge in [-0.15, -0.1) is 0 Å². The molecule has 0 aromatic heterocycles. The maximum absolute atomic E-state index is 11.7. The number of cyclic esters (lactones) is 1. The summed E-state index contributed by atoms with van der Waals surface area (Å²) in [7, 11) is 3.47. The standard InChI is InChI=1S/C12H16N2O3/c1-13-7-10-8-17-12(15)14(10)9-3-5-11(16-2)6-4-9/h3-6,10,13H,7-8H2,1-2H3. The summed E-state index contributed by atoms with van der Waals surface area (Å²) < 4.78 is 10.1. The van der Waals surface area contributed by atoms with E-state index in [0.717, 1.165) is 11.4 Å². The number of benzene rings is 1. The highest BCUT2D eigenvalue weighted by Crippen LogP contribution is 2.25. The van der Waals surface area contributed by atoms with Crippen LogP contribution in [0.15, 0.2) is 24.3 Å². The predicted molar refractivity (Wildman–Crippen MR) is 64.5 cm³/mol. The lowest BCUT2D eigenvalue weighted by Crippen LogP contribution is -2.40. The van der Waals surface area contributed by atoms with Gasteiger partial charge < -0.3 is 14.8 Å². The van der Waals surface area contributed by atoms with Gasteiger partial charge >= 0.3 is 6.09 Å². The van der Waals surface area contributed by atoms with Crippen molar-refractivity contribution in [2.75, 3.05) is 32.2 Å². The Morgan fingerprint density at radius 2 is 2.18 bits per heavy atom. The predicted octanol–water partition coefficient (Wildman–Crippen LogP) is 1.24. The number of rotatable bonds is 4. The van der Waals surface area contributed by atoms with Crippen LogP contribution in [0.4, 0.5) is 10.5 Å². The average Bonchev–Trinajstić information content (AvgIpc) is 2.71. The Hall–Kier alpha value is -1.75. The summed E-state index contributed by atoms with van der Waals surface area (Å²) in [5.74, 6) is 0.770. The fourth-order valence-electron chi connectivity index (χ4n) is 1.91. The Balaban J connectivity index is 2.20. The zero-order valence-corrected chi connectivity index (χ0v) is 9.97. The number of methoxy groups -OCH3 is 1. The molecule has 0 aliphatic carbocycles. The molecule has 0 saturated carbocycles. The first-order valence-corrected chi connectivity index (χ1v) is 5.51. The molecular formula is C12H16N2O3. The second-order valence-electron chi connectivity index (χ2n) is 3.86. The quantitative estimate of drug-likeness (QED) is 0.854. The summed E-state index contributed by atoms with van der Waals surface area (Å²) in [5.41, 5.74) is 0.827. The monoisotopic (exact) mass is 236 g/mol. The van der Waals surface area contributed by atoms with E-state index in [9.17, 15) is 4.79 Å². The third kappa shape index (κ3) is 2.34.